The predicted octanol–water partition coefficient (Wildman–Crippen LogP) is 4.93. The van der Waals surface area contributed by atoms with Gasteiger partial charge in [0.25, 0.3) is 0 Å². The maximum atomic E-state index is 11.8. The van der Waals surface area contributed by atoms with E-state index in [4.69, 9.17) is 4.42 Å². The van der Waals surface area contributed by atoms with Crippen LogP contribution in [0.3, 0.4) is 0 Å². The molecule has 1 aromatic heterocycles. The fraction of sp³-hybridized carbons (Fsp3) is 0.588. The first kappa shape index (κ1) is 14.1. The van der Waals surface area contributed by atoms with Crippen LogP contribution in [0.4, 0.5) is 0 Å². The van der Waals surface area contributed by atoms with E-state index in [1.54, 1.807) is 12.3 Å². The van der Waals surface area contributed by atoms with E-state index in [9.17, 15) is 4.79 Å². The van der Waals surface area contributed by atoms with Gasteiger partial charge in [-0.05, 0) is 37.5 Å². The Bertz CT molecular complexity index is 440. The molecule has 19 heavy (non-hydrogen) atoms. The molecule has 2 nitrogen and oxygen atoms in total. The summed E-state index contributed by atoms with van der Waals surface area (Å²) in [5.74, 6) is 1.29. The van der Waals surface area contributed by atoms with Crippen LogP contribution in [0.2, 0.25) is 0 Å². The van der Waals surface area contributed by atoms with Crippen LogP contribution in [-0.2, 0) is 11.2 Å². The number of fused-ring (bicyclic) bond motifs is 2. The van der Waals surface area contributed by atoms with Crippen molar-refractivity contribution < 1.29 is 9.21 Å². The molecular weight excluding hydrogens is 236 g/mol. The van der Waals surface area contributed by atoms with Crippen molar-refractivity contribution >= 4 is 11.4 Å². The Hall–Kier alpha value is -1.31. The van der Waals surface area contributed by atoms with Crippen LogP contribution in [0.15, 0.2) is 22.8 Å². The lowest BCUT2D eigenvalue weighted by atomic mass is 10.0. The average molecular weight is 260 g/mol. The highest BCUT2D eigenvalue weighted by molar-refractivity contribution is 5.96. The van der Waals surface area contributed by atoms with Gasteiger partial charge in [-0.3, -0.25) is 4.79 Å². The normalized spacial score (nSPS) is 22.2. The van der Waals surface area contributed by atoms with Gasteiger partial charge >= 0.3 is 0 Å². The van der Waals surface area contributed by atoms with Crippen molar-refractivity contribution in [2.24, 2.45) is 0 Å². The highest BCUT2D eigenvalue weighted by Gasteiger charge is 2.06. The molecule has 0 fully saturated rings. The molecule has 1 aliphatic rings. The lowest BCUT2D eigenvalue weighted by Crippen LogP contribution is -1.94. The minimum Gasteiger partial charge on any atom is -0.469 e. The topological polar surface area (TPSA) is 30.2 Å². The number of hydrogen-bond donors (Lipinski definition) is 0. The largest absolute Gasteiger partial charge is 0.469 e. The van der Waals surface area contributed by atoms with E-state index in [1.807, 2.05) is 6.92 Å². The van der Waals surface area contributed by atoms with Crippen molar-refractivity contribution in [3.63, 3.8) is 0 Å². The van der Waals surface area contributed by atoms with E-state index < -0.39 is 0 Å². The first-order chi connectivity index (χ1) is 9.25. The monoisotopic (exact) mass is 260 g/mol. The molecule has 0 aromatic carbocycles. The number of rotatable bonds is 0. The van der Waals surface area contributed by atoms with Gasteiger partial charge < -0.3 is 4.42 Å². The SMILES string of the molecule is C/C1=C/C(=O)CCCCCCCCCc2cc1co2. The molecule has 0 saturated carbocycles. The Morgan fingerprint density at radius 1 is 0.947 bits per heavy atom. The zero-order valence-electron chi connectivity index (χ0n) is 11.9. The first-order valence-electron chi connectivity index (χ1n) is 7.54. The zero-order chi connectivity index (χ0) is 13.5. The number of aryl methyl sites for hydroxylation is 1. The van der Waals surface area contributed by atoms with Crippen molar-refractivity contribution in [1.29, 1.82) is 0 Å². The summed E-state index contributed by atoms with van der Waals surface area (Å²) in [6.45, 7) is 1.99. The van der Waals surface area contributed by atoms with E-state index in [0.717, 1.165) is 29.7 Å². The average Bonchev–Trinajstić information content (AvgIpc) is 2.84. The van der Waals surface area contributed by atoms with Gasteiger partial charge in [0.1, 0.15) is 5.76 Å². The van der Waals surface area contributed by atoms with Crippen LogP contribution >= 0.6 is 0 Å². The molecule has 2 heteroatoms. The summed E-state index contributed by atoms with van der Waals surface area (Å²) < 4.78 is 5.57. The van der Waals surface area contributed by atoms with Gasteiger partial charge in [0.15, 0.2) is 5.78 Å². The van der Waals surface area contributed by atoms with E-state index in [-0.39, 0.29) is 5.78 Å². The number of allylic oxidation sites excluding steroid dienone is 2. The third kappa shape index (κ3) is 4.70. The third-order valence-corrected chi connectivity index (χ3v) is 3.83. The van der Waals surface area contributed by atoms with Gasteiger partial charge in [0.05, 0.1) is 6.26 Å². The standard InChI is InChI=1S/C17H24O2/c1-14-11-16(18)9-7-5-3-2-4-6-8-10-17-12-15(14)13-19-17/h11-13H,2-10H2,1H3/b14-11-. The smallest absolute Gasteiger partial charge is 0.155 e. The van der Waals surface area contributed by atoms with Crippen LogP contribution in [0.25, 0.3) is 5.57 Å². The second-order valence-electron chi connectivity index (χ2n) is 5.57. The summed E-state index contributed by atoms with van der Waals surface area (Å²) in [6.07, 6.45) is 13.8. The van der Waals surface area contributed by atoms with Crippen LogP contribution in [-0.4, -0.2) is 5.78 Å². The summed E-state index contributed by atoms with van der Waals surface area (Å²) >= 11 is 0. The van der Waals surface area contributed by atoms with E-state index >= 15 is 0 Å². The van der Waals surface area contributed by atoms with Gasteiger partial charge in [0.2, 0.25) is 0 Å². The Balaban J connectivity index is 2.06. The predicted molar refractivity (Wildman–Crippen MR) is 78.0 cm³/mol. The number of carbonyl (C=O) groups is 1. The quantitative estimate of drug-likeness (QED) is 0.662. The van der Waals surface area contributed by atoms with E-state index in [1.165, 1.54) is 38.5 Å². The maximum absolute atomic E-state index is 11.8. The molecule has 1 heterocycles. The fourth-order valence-corrected chi connectivity index (χ4v) is 2.60. The minimum absolute atomic E-state index is 0.245. The maximum Gasteiger partial charge on any atom is 0.155 e. The lowest BCUT2D eigenvalue weighted by Gasteiger charge is -2.01. The second-order valence-corrected chi connectivity index (χ2v) is 5.57. The van der Waals surface area contributed by atoms with Crippen molar-refractivity contribution in [3.8, 4) is 0 Å². The van der Waals surface area contributed by atoms with Gasteiger partial charge in [-0.2, -0.15) is 0 Å². The molecule has 0 spiro atoms. The van der Waals surface area contributed by atoms with Crippen LogP contribution in [0.5, 0.6) is 0 Å². The molecule has 2 bridgehead atoms. The summed E-state index contributed by atoms with van der Waals surface area (Å²) in [6, 6.07) is 2.08. The van der Waals surface area contributed by atoms with Gasteiger partial charge in [-0.15, -0.1) is 0 Å². The van der Waals surface area contributed by atoms with Gasteiger partial charge in [0, 0.05) is 18.4 Å². The molecule has 0 aliphatic heterocycles. The molecule has 0 amide bonds. The summed E-state index contributed by atoms with van der Waals surface area (Å²) in [5.41, 5.74) is 2.08. The molecule has 1 aliphatic carbocycles. The molecule has 0 N–H and O–H groups in total. The Morgan fingerprint density at radius 2 is 1.58 bits per heavy atom. The Labute approximate surface area is 115 Å². The summed E-state index contributed by atoms with van der Waals surface area (Å²) in [7, 11) is 0. The van der Waals surface area contributed by atoms with Crippen molar-refractivity contribution in [2.45, 2.75) is 64.7 Å². The lowest BCUT2D eigenvalue weighted by molar-refractivity contribution is -0.114. The molecule has 2 rings (SSSR count). The van der Waals surface area contributed by atoms with E-state index in [2.05, 4.69) is 6.07 Å². The summed E-state index contributed by atoms with van der Waals surface area (Å²) in [5, 5.41) is 0. The molecule has 0 radical (unpaired) electrons. The number of carbonyl (C=O) groups excluding carboxylic acids is 1. The molecule has 0 unspecified atom stereocenters. The third-order valence-electron chi connectivity index (χ3n) is 3.83. The molecule has 0 saturated heterocycles. The Kier molecular flexibility index (Phi) is 5.44. The number of hydrogen-bond acceptors (Lipinski definition) is 2. The second kappa shape index (κ2) is 7.32. The van der Waals surface area contributed by atoms with Crippen molar-refractivity contribution in [2.75, 3.05) is 0 Å². The number of furan rings is 1. The molecule has 0 atom stereocenters. The molecular formula is C17H24O2. The zero-order valence-corrected chi connectivity index (χ0v) is 11.9. The van der Waals surface area contributed by atoms with Crippen LogP contribution in [0.1, 0.15) is 69.6 Å². The highest BCUT2D eigenvalue weighted by Crippen LogP contribution is 2.20. The van der Waals surface area contributed by atoms with Gasteiger partial charge in [-0.25, -0.2) is 0 Å². The highest BCUT2D eigenvalue weighted by atomic mass is 16.3. The van der Waals surface area contributed by atoms with Gasteiger partial charge in [-0.1, -0.05) is 32.1 Å². The minimum atomic E-state index is 0.245. The van der Waals surface area contributed by atoms with Crippen LogP contribution < -0.4 is 0 Å². The number of ketones is 1. The first-order valence-corrected chi connectivity index (χ1v) is 7.54. The van der Waals surface area contributed by atoms with Crippen molar-refractivity contribution in [1.82, 2.24) is 0 Å². The van der Waals surface area contributed by atoms with Crippen LogP contribution in [0, 0.1) is 0 Å². The fourth-order valence-electron chi connectivity index (χ4n) is 2.60. The molecule has 1 aromatic rings. The summed E-state index contributed by atoms with van der Waals surface area (Å²) in [4.78, 5) is 11.8. The van der Waals surface area contributed by atoms with Crippen molar-refractivity contribution in [3.05, 3.63) is 29.7 Å². The Morgan fingerprint density at radius 3 is 2.32 bits per heavy atom. The van der Waals surface area contributed by atoms with E-state index in [0.29, 0.717) is 6.42 Å². The molecule has 104 valence electrons.